The van der Waals surface area contributed by atoms with Crippen molar-refractivity contribution in [2.75, 3.05) is 19.0 Å². The maximum Gasteiger partial charge on any atom is 0.433 e. The quantitative estimate of drug-likeness (QED) is 0.268. The number of carbonyl (C=O) groups is 1. The van der Waals surface area contributed by atoms with E-state index >= 15 is 0 Å². The molecule has 2 aromatic carbocycles. The van der Waals surface area contributed by atoms with Crippen molar-refractivity contribution >= 4 is 22.4 Å². The van der Waals surface area contributed by atoms with E-state index in [9.17, 15) is 18.0 Å². The van der Waals surface area contributed by atoms with Gasteiger partial charge in [-0.1, -0.05) is 19.1 Å². The zero-order valence-corrected chi connectivity index (χ0v) is 20.8. The molecule has 2 heterocycles. The lowest BCUT2D eigenvalue weighted by atomic mass is 9.97. The number of carbonyl (C=O) groups excluding carboxylic acids is 1. The van der Waals surface area contributed by atoms with Crippen LogP contribution in [0.1, 0.15) is 35.7 Å². The minimum absolute atomic E-state index is 0.00163. The van der Waals surface area contributed by atoms with Crippen LogP contribution in [0.3, 0.4) is 0 Å². The number of aromatic nitrogens is 3. The van der Waals surface area contributed by atoms with Gasteiger partial charge in [0.25, 0.3) is 0 Å². The monoisotopic (exact) mass is 508 g/mol. The van der Waals surface area contributed by atoms with Crippen LogP contribution >= 0.6 is 0 Å². The molecule has 0 radical (unpaired) electrons. The van der Waals surface area contributed by atoms with Gasteiger partial charge in [0, 0.05) is 38.8 Å². The van der Waals surface area contributed by atoms with Crippen LogP contribution in [0.5, 0.6) is 11.6 Å². The van der Waals surface area contributed by atoms with Crippen molar-refractivity contribution in [1.82, 2.24) is 15.0 Å². The lowest BCUT2D eigenvalue weighted by Crippen LogP contribution is -2.09. The number of aryl methyl sites for hydroxylation is 2. The standard InChI is InChI=1S/C28H27F3N4O2/c1-4-19-14-23(37-27-24-11-8-21(35(2)3)15-25(24)33-17-34-27)10-7-20(19)13-22(36)9-5-18-6-12-26(32-16-18)28(29,30)31/h6-8,10-12,14-17H,4-5,9,13H2,1-3H3. The van der Waals surface area contributed by atoms with Crippen molar-refractivity contribution in [3.63, 3.8) is 0 Å². The van der Waals surface area contributed by atoms with E-state index in [1.807, 2.05) is 62.3 Å². The largest absolute Gasteiger partial charge is 0.438 e. The molecule has 0 bridgehead atoms. The Morgan fingerprint density at radius 3 is 2.46 bits per heavy atom. The van der Waals surface area contributed by atoms with Crippen molar-refractivity contribution in [3.05, 3.63) is 83.4 Å². The molecule has 2 aromatic heterocycles. The van der Waals surface area contributed by atoms with Gasteiger partial charge in [-0.3, -0.25) is 9.78 Å². The van der Waals surface area contributed by atoms with Gasteiger partial charge in [-0.2, -0.15) is 13.2 Å². The van der Waals surface area contributed by atoms with Gasteiger partial charge >= 0.3 is 6.18 Å². The molecule has 0 aliphatic heterocycles. The summed E-state index contributed by atoms with van der Waals surface area (Å²) in [6.07, 6.45) is -0.328. The summed E-state index contributed by atoms with van der Waals surface area (Å²) >= 11 is 0. The van der Waals surface area contributed by atoms with E-state index in [0.29, 0.717) is 30.0 Å². The molecule has 37 heavy (non-hydrogen) atoms. The number of pyridine rings is 1. The molecule has 0 spiro atoms. The zero-order valence-electron chi connectivity index (χ0n) is 20.8. The molecule has 192 valence electrons. The molecule has 0 saturated heterocycles. The van der Waals surface area contributed by atoms with Crippen molar-refractivity contribution in [2.45, 2.75) is 38.8 Å². The molecule has 0 atom stereocenters. The van der Waals surface area contributed by atoms with E-state index in [2.05, 4.69) is 15.0 Å². The Morgan fingerprint density at radius 1 is 0.973 bits per heavy atom. The van der Waals surface area contributed by atoms with E-state index in [1.165, 1.54) is 18.6 Å². The fourth-order valence-corrected chi connectivity index (χ4v) is 3.98. The Balaban J connectivity index is 1.43. The van der Waals surface area contributed by atoms with Crippen molar-refractivity contribution < 1.29 is 22.7 Å². The SMILES string of the molecule is CCc1cc(Oc2ncnc3cc(N(C)C)ccc23)ccc1CC(=O)CCc1ccc(C(F)(F)F)nc1. The van der Waals surface area contributed by atoms with Crippen LogP contribution in [0.2, 0.25) is 0 Å². The summed E-state index contributed by atoms with van der Waals surface area (Å²) < 4.78 is 44.1. The molecule has 0 N–H and O–H groups in total. The first-order valence-electron chi connectivity index (χ1n) is 11.9. The number of rotatable bonds is 9. The molecule has 0 amide bonds. The van der Waals surface area contributed by atoms with Crippen molar-refractivity contribution in [3.8, 4) is 11.6 Å². The number of anilines is 1. The van der Waals surface area contributed by atoms with Gasteiger partial charge in [-0.25, -0.2) is 9.97 Å². The Labute approximate surface area is 213 Å². The number of nitrogens with zero attached hydrogens (tertiary/aromatic N) is 4. The molecule has 0 aliphatic carbocycles. The zero-order chi connectivity index (χ0) is 26.6. The molecular formula is C28H27F3N4O2. The first kappa shape index (κ1) is 26.1. The maximum absolute atomic E-state index is 12.7. The third-order valence-corrected chi connectivity index (χ3v) is 6.07. The summed E-state index contributed by atoms with van der Waals surface area (Å²) in [7, 11) is 3.93. The van der Waals surface area contributed by atoms with Gasteiger partial charge in [-0.15, -0.1) is 0 Å². The molecular weight excluding hydrogens is 481 g/mol. The molecule has 4 rings (SSSR count). The summed E-state index contributed by atoms with van der Waals surface area (Å²) in [5.41, 5.74) is 3.33. The fraction of sp³-hybridized carbons (Fsp3) is 0.286. The number of halogens is 3. The third-order valence-electron chi connectivity index (χ3n) is 6.07. The second kappa shape index (κ2) is 10.9. The van der Waals surface area contributed by atoms with Gasteiger partial charge in [0.15, 0.2) is 0 Å². The summed E-state index contributed by atoms with van der Waals surface area (Å²) in [6, 6.07) is 13.8. The van der Waals surface area contributed by atoms with Gasteiger partial charge in [0.2, 0.25) is 5.88 Å². The lowest BCUT2D eigenvalue weighted by Gasteiger charge is -2.14. The number of hydrogen-bond donors (Lipinski definition) is 0. The molecule has 0 aliphatic rings. The van der Waals surface area contributed by atoms with E-state index in [4.69, 9.17) is 4.74 Å². The normalized spacial score (nSPS) is 11.5. The van der Waals surface area contributed by atoms with E-state index in [-0.39, 0.29) is 18.6 Å². The Bertz CT molecular complexity index is 1400. The van der Waals surface area contributed by atoms with Crippen molar-refractivity contribution in [2.24, 2.45) is 0 Å². The molecule has 4 aromatic rings. The predicted molar refractivity (Wildman–Crippen MR) is 136 cm³/mol. The Kier molecular flexibility index (Phi) is 7.71. The van der Waals surface area contributed by atoms with Gasteiger partial charge in [0.05, 0.1) is 10.9 Å². The molecule has 0 fully saturated rings. The van der Waals surface area contributed by atoms with E-state index in [1.54, 1.807) is 0 Å². The highest BCUT2D eigenvalue weighted by Gasteiger charge is 2.32. The summed E-state index contributed by atoms with van der Waals surface area (Å²) in [5, 5.41) is 0.795. The molecule has 0 saturated carbocycles. The van der Waals surface area contributed by atoms with Gasteiger partial charge in [-0.05, 0) is 65.9 Å². The second-order valence-electron chi connectivity index (χ2n) is 8.93. The highest BCUT2D eigenvalue weighted by atomic mass is 19.4. The van der Waals surface area contributed by atoms with Gasteiger partial charge < -0.3 is 9.64 Å². The minimum Gasteiger partial charge on any atom is -0.438 e. The minimum atomic E-state index is -4.48. The number of ketones is 1. The maximum atomic E-state index is 12.7. The summed E-state index contributed by atoms with van der Waals surface area (Å²) in [5.74, 6) is 1.06. The molecule has 6 nitrogen and oxygen atoms in total. The highest BCUT2D eigenvalue weighted by Crippen LogP contribution is 2.30. The van der Waals surface area contributed by atoms with Crippen LogP contribution < -0.4 is 9.64 Å². The lowest BCUT2D eigenvalue weighted by molar-refractivity contribution is -0.141. The van der Waals surface area contributed by atoms with Crippen LogP contribution in [-0.2, 0) is 30.2 Å². The number of alkyl halides is 3. The van der Waals surface area contributed by atoms with Crippen LogP contribution in [0.15, 0.2) is 61.1 Å². The topological polar surface area (TPSA) is 68.2 Å². The smallest absolute Gasteiger partial charge is 0.433 e. The Hall–Kier alpha value is -4.01. The average molecular weight is 509 g/mol. The number of Topliss-reactive ketones (excluding diaryl/α,β-unsaturated/α-hetero) is 1. The van der Waals surface area contributed by atoms with E-state index < -0.39 is 11.9 Å². The van der Waals surface area contributed by atoms with Gasteiger partial charge in [0.1, 0.15) is 23.6 Å². The van der Waals surface area contributed by atoms with Crippen LogP contribution in [-0.4, -0.2) is 34.8 Å². The van der Waals surface area contributed by atoms with Crippen LogP contribution in [0, 0.1) is 0 Å². The second-order valence-corrected chi connectivity index (χ2v) is 8.93. The molecule has 0 unspecified atom stereocenters. The van der Waals surface area contributed by atoms with Crippen molar-refractivity contribution in [1.29, 1.82) is 0 Å². The van der Waals surface area contributed by atoms with Crippen LogP contribution in [0.25, 0.3) is 10.9 Å². The Morgan fingerprint density at radius 2 is 1.78 bits per heavy atom. The first-order valence-corrected chi connectivity index (χ1v) is 11.9. The molecule has 9 heteroatoms. The number of benzene rings is 2. The highest BCUT2D eigenvalue weighted by molar-refractivity contribution is 5.86. The van der Waals surface area contributed by atoms with E-state index in [0.717, 1.165) is 33.8 Å². The predicted octanol–water partition coefficient (Wildman–Crippen LogP) is 6.21. The summed E-state index contributed by atoms with van der Waals surface area (Å²) in [4.78, 5) is 26.7. The fourth-order valence-electron chi connectivity index (χ4n) is 3.98. The number of fused-ring (bicyclic) bond motifs is 1. The number of ether oxygens (including phenoxy) is 1. The third kappa shape index (κ3) is 6.41. The summed E-state index contributed by atoms with van der Waals surface area (Å²) in [6.45, 7) is 2.00. The average Bonchev–Trinajstić information content (AvgIpc) is 2.88. The first-order chi connectivity index (χ1) is 17.6. The number of hydrogen-bond acceptors (Lipinski definition) is 6. The van der Waals surface area contributed by atoms with Crippen LogP contribution in [0.4, 0.5) is 18.9 Å².